The molecule has 8 nitrogen and oxygen atoms in total. The van der Waals surface area contributed by atoms with E-state index in [1.165, 1.54) is 12.0 Å². The van der Waals surface area contributed by atoms with Crippen LogP contribution in [0.2, 0.25) is 0 Å². The van der Waals surface area contributed by atoms with Crippen LogP contribution in [-0.4, -0.2) is 48.2 Å². The molecule has 0 aliphatic carbocycles. The van der Waals surface area contributed by atoms with E-state index in [4.69, 9.17) is 19.9 Å². The Labute approximate surface area is 184 Å². The van der Waals surface area contributed by atoms with Gasteiger partial charge in [-0.1, -0.05) is 24.3 Å². The van der Waals surface area contributed by atoms with Crippen molar-refractivity contribution in [1.29, 1.82) is 0 Å². The van der Waals surface area contributed by atoms with Crippen LogP contribution < -0.4 is 15.2 Å². The van der Waals surface area contributed by atoms with Gasteiger partial charge in [0.1, 0.15) is 6.04 Å². The van der Waals surface area contributed by atoms with Gasteiger partial charge in [-0.2, -0.15) is 0 Å². The standard InChI is InChI=1S/C22H21N3O5.ClH/c1-28-22(27)16-9-14-13-4-2-3-5-15(13)24-20(14)21(25(16)19(26)10-23)12-6-7-17-18(8-12)30-11-29-17;/h2-8,16,21,24H,9-11,23H2,1H3;1H/t16-,21-;/m1./s1. The van der Waals surface area contributed by atoms with Crippen molar-refractivity contribution in [3.63, 3.8) is 0 Å². The van der Waals surface area contributed by atoms with Crippen molar-refractivity contribution in [2.45, 2.75) is 18.5 Å². The first-order valence-electron chi connectivity index (χ1n) is 9.70. The number of carbonyl (C=O) groups excluding carboxylic acids is 2. The van der Waals surface area contributed by atoms with Gasteiger partial charge in [-0.15, -0.1) is 12.4 Å². The molecule has 0 spiro atoms. The Morgan fingerprint density at radius 2 is 1.97 bits per heavy atom. The number of rotatable bonds is 3. The summed E-state index contributed by atoms with van der Waals surface area (Å²) >= 11 is 0. The minimum Gasteiger partial charge on any atom is -0.467 e. The average Bonchev–Trinajstić information content (AvgIpc) is 3.40. The molecule has 3 aromatic rings. The molecule has 0 saturated carbocycles. The second-order valence-electron chi connectivity index (χ2n) is 7.33. The van der Waals surface area contributed by atoms with Gasteiger partial charge in [0.25, 0.3) is 0 Å². The molecule has 31 heavy (non-hydrogen) atoms. The van der Waals surface area contributed by atoms with Gasteiger partial charge < -0.3 is 29.8 Å². The Morgan fingerprint density at radius 1 is 1.19 bits per heavy atom. The summed E-state index contributed by atoms with van der Waals surface area (Å²) in [6.07, 6.45) is 0.346. The lowest BCUT2D eigenvalue weighted by Crippen LogP contribution is -2.53. The Hall–Kier alpha value is -3.23. The molecule has 3 heterocycles. The molecule has 0 fully saturated rings. The van der Waals surface area contributed by atoms with E-state index in [0.717, 1.165) is 27.7 Å². The highest BCUT2D eigenvalue weighted by Crippen LogP contribution is 2.43. The molecule has 0 saturated heterocycles. The van der Waals surface area contributed by atoms with E-state index in [2.05, 4.69) is 4.98 Å². The molecule has 2 atom stereocenters. The highest BCUT2D eigenvalue weighted by molar-refractivity contribution is 5.91. The summed E-state index contributed by atoms with van der Waals surface area (Å²) in [5.41, 5.74) is 9.32. The maximum Gasteiger partial charge on any atom is 0.328 e. The second-order valence-corrected chi connectivity index (χ2v) is 7.33. The number of carbonyl (C=O) groups is 2. The molecule has 162 valence electrons. The van der Waals surface area contributed by atoms with E-state index in [0.29, 0.717) is 17.9 Å². The minimum absolute atomic E-state index is 0. The predicted molar refractivity (Wildman–Crippen MR) is 115 cm³/mol. The fourth-order valence-corrected chi connectivity index (χ4v) is 4.45. The molecule has 0 unspecified atom stereocenters. The third-order valence-corrected chi connectivity index (χ3v) is 5.78. The number of H-pyrrole nitrogens is 1. The summed E-state index contributed by atoms with van der Waals surface area (Å²) in [4.78, 5) is 30.7. The van der Waals surface area contributed by atoms with Gasteiger partial charge in [-0.25, -0.2) is 4.79 Å². The summed E-state index contributed by atoms with van der Waals surface area (Å²) in [5.74, 6) is 0.439. The van der Waals surface area contributed by atoms with Gasteiger partial charge >= 0.3 is 5.97 Å². The highest BCUT2D eigenvalue weighted by Gasteiger charge is 2.44. The van der Waals surface area contributed by atoms with Gasteiger partial charge in [0, 0.05) is 23.0 Å². The van der Waals surface area contributed by atoms with Crippen molar-refractivity contribution in [3.05, 3.63) is 59.3 Å². The molecule has 2 aliphatic heterocycles. The monoisotopic (exact) mass is 443 g/mol. The number of nitrogens with two attached hydrogens (primary N) is 1. The number of halogens is 1. The van der Waals surface area contributed by atoms with Gasteiger partial charge in [0.05, 0.1) is 19.7 Å². The Bertz CT molecular complexity index is 1160. The van der Waals surface area contributed by atoms with Crippen LogP contribution in [0.4, 0.5) is 0 Å². The van der Waals surface area contributed by atoms with Crippen LogP contribution in [0.15, 0.2) is 42.5 Å². The summed E-state index contributed by atoms with van der Waals surface area (Å²) in [5, 5.41) is 1.02. The first-order valence-corrected chi connectivity index (χ1v) is 9.70. The topological polar surface area (TPSA) is 107 Å². The SMILES string of the molecule is COC(=O)[C@H]1Cc2c([nH]c3ccccc23)[C@@H](c2ccc3c(c2)OCO3)N1C(=O)CN.Cl. The Kier molecular flexibility index (Phi) is 5.51. The number of nitrogens with one attached hydrogen (secondary N) is 1. The van der Waals surface area contributed by atoms with Gasteiger partial charge in [-0.3, -0.25) is 4.79 Å². The lowest BCUT2D eigenvalue weighted by Gasteiger charge is -2.40. The van der Waals surface area contributed by atoms with Crippen LogP contribution >= 0.6 is 12.4 Å². The van der Waals surface area contributed by atoms with Crippen molar-refractivity contribution in [3.8, 4) is 11.5 Å². The molecule has 9 heteroatoms. The van der Waals surface area contributed by atoms with Crippen LogP contribution in [0.3, 0.4) is 0 Å². The summed E-state index contributed by atoms with van der Waals surface area (Å²) in [6, 6.07) is 12.1. The first-order chi connectivity index (χ1) is 14.6. The number of para-hydroxylation sites is 1. The van der Waals surface area contributed by atoms with E-state index in [9.17, 15) is 9.59 Å². The first kappa shape index (κ1) is 21.0. The molecule has 2 aliphatic rings. The summed E-state index contributed by atoms with van der Waals surface area (Å²) in [6.45, 7) is -0.0680. The smallest absolute Gasteiger partial charge is 0.328 e. The molecule has 1 aromatic heterocycles. The molecule has 5 rings (SSSR count). The van der Waals surface area contributed by atoms with E-state index in [1.54, 1.807) is 0 Å². The number of aromatic amines is 1. The van der Waals surface area contributed by atoms with E-state index in [1.807, 2.05) is 42.5 Å². The number of methoxy groups -OCH3 is 1. The maximum absolute atomic E-state index is 13.0. The molecule has 1 amide bonds. The fourth-order valence-electron chi connectivity index (χ4n) is 4.45. The lowest BCUT2D eigenvalue weighted by molar-refractivity contribution is -0.154. The van der Waals surface area contributed by atoms with Crippen molar-refractivity contribution in [2.24, 2.45) is 5.73 Å². The van der Waals surface area contributed by atoms with Crippen molar-refractivity contribution in [1.82, 2.24) is 9.88 Å². The van der Waals surface area contributed by atoms with Crippen LogP contribution in [-0.2, 0) is 20.7 Å². The van der Waals surface area contributed by atoms with E-state index < -0.39 is 18.1 Å². The highest BCUT2D eigenvalue weighted by atomic mass is 35.5. The number of hydrogen-bond donors (Lipinski definition) is 2. The largest absolute Gasteiger partial charge is 0.467 e. The normalized spacial score (nSPS) is 19.0. The number of ether oxygens (including phenoxy) is 3. The maximum atomic E-state index is 13.0. The number of hydrogen-bond acceptors (Lipinski definition) is 6. The van der Waals surface area contributed by atoms with Crippen molar-refractivity contribution < 1.29 is 23.8 Å². The summed E-state index contributed by atoms with van der Waals surface area (Å²) in [7, 11) is 1.33. The third kappa shape index (κ3) is 3.28. The Morgan fingerprint density at radius 3 is 2.74 bits per heavy atom. The molecule has 0 bridgehead atoms. The van der Waals surface area contributed by atoms with Crippen molar-refractivity contribution in [2.75, 3.05) is 20.4 Å². The third-order valence-electron chi connectivity index (χ3n) is 5.78. The number of esters is 1. The lowest BCUT2D eigenvalue weighted by atomic mass is 9.87. The van der Waals surface area contributed by atoms with Crippen molar-refractivity contribution >= 4 is 35.2 Å². The Balaban J connectivity index is 0.00000231. The van der Waals surface area contributed by atoms with Crippen LogP contribution in [0.25, 0.3) is 10.9 Å². The molecule has 3 N–H and O–H groups in total. The zero-order valence-corrected chi connectivity index (χ0v) is 17.6. The second kappa shape index (κ2) is 8.13. The predicted octanol–water partition coefficient (Wildman–Crippen LogP) is 2.29. The van der Waals surface area contributed by atoms with Crippen LogP contribution in [0.1, 0.15) is 22.9 Å². The fraction of sp³-hybridized carbons (Fsp3) is 0.273. The molecular formula is C22H22ClN3O5. The van der Waals surface area contributed by atoms with Gasteiger partial charge in [-0.05, 0) is 29.3 Å². The number of benzene rings is 2. The zero-order chi connectivity index (χ0) is 20.8. The summed E-state index contributed by atoms with van der Waals surface area (Å²) < 4.78 is 16.0. The quantitative estimate of drug-likeness (QED) is 0.601. The molecular weight excluding hydrogens is 422 g/mol. The van der Waals surface area contributed by atoms with E-state index >= 15 is 0 Å². The number of nitrogens with zero attached hydrogens (tertiary/aromatic N) is 1. The molecule has 0 radical (unpaired) electrons. The van der Waals surface area contributed by atoms with Gasteiger partial charge in [0.2, 0.25) is 12.7 Å². The number of fused-ring (bicyclic) bond motifs is 4. The molecule has 2 aromatic carbocycles. The average molecular weight is 444 g/mol. The van der Waals surface area contributed by atoms with Crippen LogP contribution in [0.5, 0.6) is 11.5 Å². The number of aromatic nitrogens is 1. The zero-order valence-electron chi connectivity index (χ0n) is 16.8. The van der Waals surface area contributed by atoms with Crippen LogP contribution in [0, 0.1) is 0 Å². The number of amides is 1. The van der Waals surface area contributed by atoms with E-state index in [-0.39, 0.29) is 31.7 Å². The van der Waals surface area contributed by atoms with Gasteiger partial charge in [0.15, 0.2) is 11.5 Å². The minimum atomic E-state index is -0.784.